The molecule has 0 fully saturated rings. The summed E-state index contributed by atoms with van der Waals surface area (Å²) in [5.74, 6) is 1.18. The van der Waals surface area contributed by atoms with Gasteiger partial charge in [-0.15, -0.1) is 0 Å². The van der Waals surface area contributed by atoms with Crippen LogP contribution in [0.4, 0.5) is 5.82 Å². The van der Waals surface area contributed by atoms with E-state index in [4.69, 9.17) is 5.73 Å². The van der Waals surface area contributed by atoms with Gasteiger partial charge in [0.25, 0.3) is 5.56 Å². The van der Waals surface area contributed by atoms with E-state index in [1.165, 1.54) is 12.4 Å². The molecule has 4 N–H and O–H groups in total. The van der Waals surface area contributed by atoms with Crippen molar-refractivity contribution in [3.8, 4) is 0 Å². The molecule has 15 heavy (non-hydrogen) atoms. The summed E-state index contributed by atoms with van der Waals surface area (Å²) in [5, 5.41) is 3.09. The Kier molecular flexibility index (Phi) is 4.83. The van der Waals surface area contributed by atoms with Gasteiger partial charge in [0.05, 0.1) is 6.33 Å². The molecule has 1 heterocycles. The Hall–Kier alpha value is -1.36. The maximum Gasteiger partial charge on any atom is 0.252 e. The molecule has 1 rings (SSSR count). The van der Waals surface area contributed by atoms with E-state index in [0.717, 1.165) is 25.9 Å². The highest BCUT2D eigenvalue weighted by Crippen LogP contribution is 2.03. The number of anilines is 1. The SMILES string of the molecule is CC(CN)CCCNc1cc(=O)[nH]cn1. The first-order valence-electron chi connectivity index (χ1n) is 5.21. The van der Waals surface area contributed by atoms with Gasteiger partial charge in [-0.25, -0.2) is 4.98 Å². The Balaban J connectivity index is 2.23. The predicted octanol–water partition coefficient (Wildman–Crippen LogP) is 0.557. The van der Waals surface area contributed by atoms with Crippen molar-refractivity contribution in [2.24, 2.45) is 11.7 Å². The van der Waals surface area contributed by atoms with Crippen LogP contribution in [0.1, 0.15) is 19.8 Å². The average Bonchev–Trinajstić information content (AvgIpc) is 2.24. The van der Waals surface area contributed by atoms with Crippen molar-refractivity contribution in [1.29, 1.82) is 0 Å². The molecule has 0 saturated carbocycles. The van der Waals surface area contributed by atoms with Crippen LogP contribution in [0.15, 0.2) is 17.2 Å². The van der Waals surface area contributed by atoms with Crippen molar-refractivity contribution in [1.82, 2.24) is 9.97 Å². The molecular formula is C10H18N4O. The molecule has 0 aromatic carbocycles. The fourth-order valence-electron chi connectivity index (χ4n) is 1.25. The number of hydrogen-bond acceptors (Lipinski definition) is 4. The molecule has 84 valence electrons. The molecule has 1 aromatic heterocycles. The first-order chi connectivity index (χ1) is 7.22. The summed E-state index contributed by atoms with van der Waals surface area (Å²) in [4.78, 5) is 17.4. The van der Waals surface area contributed by atoms with Gasteiger partial charge in [-0.3, -0.25) is 4.79 Å². The molecule has 0 bridgehead atoms. The maximum atomic E-state index is 10.9. The Labute approximate surface area is 89.1 Å². The fourth-order valence-corrected chi connectivity index (χ4v) is 1.25. The lowest BCUT2D eigenvalue weighted by atomic mass is 10.1. The smallest absolute Gasteiger partial charge is 0.252 e. The van der Waals surface area contributed by atoms with Crippen LogP contribution in [-0.4, -0.2) is 23.1 Å². The third-order valence-electron chi connectivity index (χ3n) is 2.26. The normalized spacial score (nSPS) is 12.4. The van der Waals surface area contributed by atoms with Crippen molar-refractivity contribution in [3.05, 3.63) is 22.7 Å². The monoisotopic (exact) mass is 210 g/mol. The zero-order valence-corrected chi connectivity index (χ0v) is 8.99. The van der Waals surface area contributed by atoms with Gasteiger partial charge in [-0.05, 0) is 25.3 Å². The molecular weight excluding hydrogens is 192 g/mol. The quantitative estimate of drug-likeness (QED) is 0.599. The molecule has 0 aliphatic heterocycles. The number of rotatable bonds is 6. The molecule has 1 atom stereocenters. The third-order valence-corrected chi connectivity index (χ3v) is 2.26. The molecule has 1 aromatic rings. The second-order valence-corrected chi connectivity index (χ2v) is 3.71. The molecule has 5 heteroatoms. The van der Waals surface area contributed by atoms with Gasteiger partial charge in [-0.1, -0.05) is 6.92 Å². The summed E-state index contributed by atoms with van der Waals surface area (Å²) in [7, 11) is 0. The molecule has 0 spiro atoms. The first-order valence-corrected chi connectivity index (χ1v) is 5.21. The lowest BCUT2D eigenvalue weighted by Crippen LogP contribution is -2.13. The van der Waals surface area contributed by atoms with Gasteiger partial charge in [0, 0.05) is 12.6 Å². The van der Waals surface area contributed by atoms with Crippen molar-refractivity contribution >= 4 is 5.82 Å². The molecule has 1 unspecified atom stereocenters. The minimum Gasteiger partial charge on any atom is -0.370 e. The Morgan fingerprint density at radius 3 is 3.13 bits per heavy atom. The molecule has 0 saturated heterocycles. The number of H-pyrrole nitrogens is 1. The van der Waals surface area contributed by atoms with Crippen LogP contribution in [0.25, 0.3) is 0 Å². The van der Waals surface area contributed by atoms with Crippen LogP contribution in [0.3, 0.4) is 0 Å². The van der Waals surface area contributed by atoms with Gasteiger partial charge in [0.2, 0.25) is 0 Å². The van der Waals surface area contributed by atoms with Crippen LogP contribution >= 0.6 is 0 Å². The predicted molar refractivity (Wildman–Crippen MR) is 60.8 cm³/mol. The van der Waals surface area contributed by atoms with E-state index in [-0.39, 0.29) is 5.56 Å². The van der Waals surface area contributed by atoms with Crippen LogP contribution in [0.5, 0.6) is 0 Å². The summed E-state index contributed by atoms with van der Waals surface area (Å²) in [6.07, 6.45) is 3.52. The van der Waals surface area contributed by atoms with E-state index >= 15 is 0 Å². The number of nitrogens with one attached hydrogen (secondary N) is 2. The molecule has 0 aliphatic carbocycles. The summed E-state index contributed by atoms with van der Waals surface area (Å²) in [6.45, 7) is 3.68. The molecule has 0 aliphatic rings. The van der Waals surface area contributed by atoms with Gasteiger partial charge < -0.3 is 16.0 Å². The van der Waals surface area contributed by atoms with Crippen molar-refractivity contribution in [3.63, 3.8) is 0 Å². The van der Waals surface area contributed by atoms with E-state index in [1.807, 2.05) is 0 Å². The molecule has 0 radical (unpaired) electrons. The van der Waals surface area contributed by atoms with Crippen molar-refractivity contribution in [2.75, 3.05) is 18.4 Å². The van der Waals surface area contributed by atoms with Crippen LogP contribution in [-0.2, 0) is 0 Å². The van der Waals surface area contributed by atoms with E-state index in [2.05, 4.69) is 22.2 Å². The minimum absolute atomic E-state index is 0.136. The number of nitrogens with two attached hydrogens (primary N) is 1. The fraction of sp³-hybridized carbons (Fsp3) is 0.600. The average molecular weight is 210 g/mol. The zero-order chi connectivity index (χ0) is 11.1. The Morgan fingerprint density at radius 2 is 2.47 bits per heavy atom. The molecule has 0 amide bonds. The first kappa shape index (κ1) is 11.7. The highest BCUT2D eigenvalue weighted by atomic mass is 16.1. The standard InChI is InChI=1S/C10H18N4O/c1-8(6-11)3-2-4-12-9-5-10(15)14-7-13-9/h5,7-8H,2-4,6,11H2,1H3,(H2,12,13,14,15). The number of nitrogens with zero attached hydrogens (tertiary/aromatic N) is 1. The topological polar surface area (TPSA) is 83.8 Å². The zero-order valence-electron chi connectivity index (χ0n) is 8.99. The number of hydrogen-bond donors (Lipinski definition) is 3. The third kappa shape index (κ3) is 4.60. The lowest BCUT2D eigenvalue weighted by Gasteiger charge is -2.08. The van der Waals surface area contributed by atoms with Gasteiger partial charge in [0.1, 0.15) is 5.82 Å². The van der Waals surface area contributed by atoms with E-state index < -0.39 is 0 Å². The van der Waals surface area contributed by atoms with Gasteiger partial charge >= 0.3 is 0 Å². The summed E-state index contributed by atoms with van der Waals surface area (Å²) in [5.41, 5.74) is 5.37. The van der Waals surface area contributed by atoms with Crippen LogP contribution in [0, 0.1) is 5.92 Å². The van der Waals surface area contributed by atoms with E-state index in [1.54, 1.807) is 0 Å². The minimum atomic E-state index is -0.136. The van der Waals surface area contributed by atoms with Gasteiger partial charge in [0.15, 0.2) is 0 Å². The van der Waals surface area contributed by atoms with E-state index in [9.17, 15) is 4.79 Å². The Bertz CT molecular complexity index is 336. The van der Waals surface area contributed by atoms with Gasteiger partial charge in [-0.2, -0.15) is 0 Å². The molecule has 5 nitrogen and oxygen atoms in total. The summed E-state index contributed by atoms with van der Waals surface area (Å²) < 4.78 is 0. The largest absolute Gasteiger partial charge is 0.370 e. The maximum absolute atomic E-state index is 10.9. The highest BCUT2D eigenvalue weighted by molar-refractivity contribution is 5.31. The summed E-state index contributed by atoms with van der Waals surface area (Å²) in [6, 6.07) is 1.45. The number of aromatic nitrogens is 2. The highest BCUT2D eigenvalue weighted by Gasteiger charge is 1.98. The van der Waals surface area contributed by atoms with Crippen LogP contribution in [0.2, 0.25) is 0 Å². The van der Waals surface area contributed by atoms with E-state index in [0.29, 0.717) is 11.7 Å². The number of aromatic amines is 1. The Morgan fingerprint density at radius 1 is 1.67 bits per heavy atom. The van der Waals surface area contributed by atoms with Crippen LogP contribution < -0.4 is 16.6 Å². The van der Waals surface area contributed by atoms with Crippen molar-refractivity contribution in [2.45, 2.75) is 19.8 Å². The summed E-state index contributed by atoms with van der Waals surface area (Å²) >= 11 is 0. The van der Waals surface area contributed by atoms with Crippen molar-refractivity contribution < 1.29 is 0 Å². The second-order valence-electron chi connectivity index (χ2n) is 3.71. The second kappa shape index (κ2) is 6.19. The lowest BCUT2D eigenvalue weighted by molar-refractivity contribution is 0.529.